The third kappa shape index (κ3) is 11.8. The van der Waals surface area contributed by atoms with E-state index in [1.54, 1.807) is 49.4 Å². The van der Waals surface area contributed by atoms with E-state index in [2.05, 4.69) is 31.9 Å². The number of nitrogens with zero attached hydrogens (tertiary/aromatic N) is 3. The van der Waals surface area contributed by atoms with Gasteiger partial charge in [0.1, 0.15) is 26.0 Å². The highest BCUT2D eigenvalue weighted by Crippen LogP contribution is 2.46. The van der Waals surface area contributed by atoms with Crippen LogP contribution in [0.5, 0.6) is 0 Å². The third-order valence-corrected chi connectivity index (χ3v) is 14.1. The van der Waals surface area contributed by atoms with E-state index >= 15 is 0 Å². The van der Waals surface area contributed by atoms with Crippen molar-refractivity contribution in [2.24, 2.45) is 0 Å². The molecule has 0 spiro atoms. The Balaban J connectivity index is 0.805. The van der Waals surface area contributed by atoms with Gasteiger partial charge in [-0.2, -0.15) is 0 Å². The van der Waals surface area contributed by atoms with Gasteiger partial charge >= 0.3 is 5.97 Å². The number of carbonyl (C=O) groups is 9. The quantitative estimate of drug-likeness (QED) is 0.0219. The molecule has 22 nitrogen and oxygen atoms in total. The lowest BCUT2D eigenvalue weighted by Gasteiger charge is -2.31. The molecular formula is C52H56ClN9O13. The molecule has 0 radical (unpaired) electrons. The van der Waals surface area contributed by atoms with Crippen molar-refractivity contribution in [3.8, 4) is 11.4 Å². The number of amides is 8. The van der Waals surface area contributed by atoms with Crippen LogP contribution < -0.4 is 37.5 Å². The lowest BCUT2D eigenvalue weighted by atomic mass is 9.81. The zero-order valence-electron chi connectivity index (χ0n) is 41.2. The van der Waals surface area contributed by atoms with Crippen molar-refractivity contribution in [1.82, 2.24) is 46.4 Å². The van der Waals surface area contributed by atoms with Gasteiger partial charge in [-0.15, -0.1) is 0 Å². The van der Waals surface area contributed by atoms with Crippen LogP contribution in [0.4, 0.5) is 0 Å². The summed E-state index contributed by atoms with van der Waals surface area (Å²) < 4.78 is 12.3. The molecule has 3 atom stereocenters. The number of carbonyl (C=O) groups excluding carboxylic acids is 9. The zero-order valence-corrected chi connectivity index (χ0v) is 42.0. The number of hydrogen-bond donors (Lipinski definition) is 7. The fourth-order valence-electron chi connectivity index (χ4n) is 9.76. The Labute approximate surface area is 434 Å². The summed E-state index contributed by atoms with van der Waals surface area (Å²) in [4.78, 5) is 133. The van der Waals surface area contributed by atoms with Gasteiger partial charge in [-0.05, 0) is 73.4 Å². The maximum absolute atomic E-state index is 14.0. The molecule has 5 heterocycles. The van der Waals surface area contributed by atoms with Crippen LogP contribution >= 0.6 is 11.6 Å². The van der Waals surface area contributed by atoms with E-state index in [0.29, 0.717) is 65.2 Å². The number of aromatic nitrogens is 2. The van der Waals surface area contributed by atoms with Crippen molar-refractivity contribution in [1.29, 1.82) is 0 Å². The first-order chi connectivity index (χ1) is 36.0. The number of benzene rings is 2. The Bertz CT molecular complexity index is 3090. The van der Waals surface area contributed by atoms with Crippen LogP contribution in [0.15, 0.2) is 59.4 Å². The van der Waals surface area contributed by atoms with Crippen molar-refractivity contribution in [3.05, 3.63) is 109 Å². The molecule has 1 aliphatic carbocycles. The first kappa shape index (κ1) is 53.5. The molecular weight excluding hydrogens is 994 g/mol. The summed E-state index contributed by atoms with van der Waals surface area (Å²) in [7, 11) is 0. The van der Waals surface area contributed by atoms with Crippen molar-refractivity contribution in [2.45, 2.75) is 96.1 Å². The second-order valence-corrected chi connectivity index (χ2v) is 19.0. The average Bonchev–Trinajstić information content (AvgIpc) is 3.98. The van der Waals surface area contributed by atoms with Gasteiger partial charge in [-0.1, -0.05) is 55.3 Å². The molecule has 2 aromatic carbocycles. The predicted octanol–water partition coefficient (Wildman–Crippen LogP) is 0.797. The first-order valence-electron chi connectivity index (χ1n) is 24.6. The van der Waals surface area contributed by atoms with Crippen LogP contribution in [0, 0.1) is 6.92 Å². The number of fused-ring (bicyclic) bond motifs is 5. The Morgan fingerprint density at radius 3 is 2.32 bits per heavy atom. The largest absolute Gasteiger partial charge is 0.458 e. The summed E-state index contributed by atoms with van der Waals surface area (Å²) >= 11 is 6.70. The Hall–Kier alpha value is -7.82. The standard InChI is InChI=1S/C52H56ClN9O13/c1-3-52(73)33-19-38-48-31(24-62(38)50(71)32(33)25-75-51(52)72)47-35(14-13-30-28(2)34(53)20-36(60-48)46(30)47)58-43(67)26-74-27-57-41(65)22-56-49(70)37(18-29-10-6-4-7-11-29)59-42(66)23-55-40(64)21-54-39(63)12-8-5-9-17-61-44(68)15-16-45(61)69/h4,6-7,10-11,15-16,19-20,35,37,73H,3,5,8-9,12-14,17-18,21-27H2,1-2H3,(H,54,63)(H,55,64)(H,56,70)(H,57,65)(H,58,67)(H,59,66)/t35-,37-,52-/m0/s1. The van der Waals surface area contributed by atoms with E-state index in [9.17, 15) is 53.1 Å². The molecule has 394 valence electrons. The minimum Gasteiger partial charge on any atom is -0.458 e. The second-order valence-electron chi connectivity index (χ2n) is 18.6. The summed E-state index contributed by atoms with van der Waals surface area (Å²) in [5, 5.41) is 28.2. The smallest absolute Gasteiger partial charge is 0.343 e. The van der Waals surface area contributed by atoms with Gasteiger partial charge in [0.25, 0.3) is 17.4 Å². The normalized spacial score (nSPS) is 17.4. The monoisotopic (exact) mass is 1050 g/mol. The molecule has 8 rings (SSSR count). The van der Waals surface area contributed by atoms with Gasteiger partial charge in [0, 0.05) is 53.1 Å². The van der Waals surface area contributed by atoms with Crippen LogP contribution in [0.1, 0.15) is 90.4 Å². The van der Waals surface area contributed by atoms with Crippen LogP contribution in [0.25, 0.3) is 22.3 Å². The number of aliphatic hydroxyl groups is 1. The summed E-state index contributed by atoms with van der Waals surface area (Å²) in [6, 6.07) is 10.5. The van der Waals surface area contributed by atoms with E-state index in [4.69, 9.17) is 26.1 Å². The number of imide groups is 1. The third-order valence-electron chi connectivity index (χ3n) is 13.8. The maximum Gasteiger partial charge on any atom is 0.343 e. The van der Waals surface area contributed by atoms with Gasteiger partial charge in [-0.25, -0.2) is 9.78 Å². The Kier molecular flexibility index (Phi) is 16.5. The van der Waals surface area contributed by atoms with Crippen LogP contribution in [-0.4, -0.2) is 118 Å². The van der Waals surface area contributed by atoms with Gasteiger partial charge < -0.3 is 51.0 Å². The number of halogens is 1. The lowest BCUT2D eigenvalue weighted by molar-refractivity contribution is -0.172. The number of esters is 1. The topological polar surface area (TPSA) is 303 Å². The van der Waals surface area contributed by atoms with E-state index in [1.165, 1.54) is 16.7 Å². The molecule has 0 saturated heterocycles. The fourth-order valence-corrected chi connectivity index (χ4v) is 9.98. The Morgan fingerprint density at radius 2 is 1.57 bits per heavy atom. The Morgan fingerprint density at radius 1 is 0.867 bits per heavy atom. The number of hydrogen-bond acceptors (Lipinski definition) is 14. The van der Waals surface area contributed by atoms with E-state index in [0.717, 1.165) is 27.0 Å². The number of ether oxygens (including phenoxy) is 2. The molecule has 0 fully saturated rings. The summed E-state index contributed by atoms with van der Waals surface area (Å²) in [6.07, 6.45) is 5.15. The number of unbranched alkanes of at least 4 members (excludes halogenated alkanes) is 2. The van der Waals surface area contributed by atoms with Crippen molar-refractivity contribution in [3.63, 3.8) is 0 Å². The van der Waals surface area contributed by atoms with Gasteiger partial charge in [0.2, 0.25) is 35.4 Å². The first-order valence-corrected chi connectivity index (χ1v) is 25.0. The van der Waals surface area contributed by atoms with Crippen molar-refractivity contribution in [2.75, 3.05) is 39.5 Å². The zero-order chi connectivity index (χ0) is 53.6. The maximum atomic E-state index is 14.0. The summed E-state index contributed by atoms with van der Waals surface area (Å²) in [6.45, 7) is 1.35. The molecule has 23 heteroatoms. The highest BCUT2D eigenvalue weighted by atomic mass is 35.5. The molecule has 0 unspecified atom stereocenters. The number of nitrogens with one attached hydrogen (secondary N) is 6. The predicted molar refractivity (Wildman–Crippen MR) is 268 cm³/mol. The highest BCUT2D eigenvalue weighted by molar-refractivity contribution is 6.32. The molecule has 0 saturated carbocycles. The van der Waals surface area contributed by atoms with Crippen LogP contribution in [-0.2, 0) is 84.2 Å². The number of aryl methyl sites for hydroxylation is 1. The average molecular weight is 1050 g/mol. The fraction of sp³-hybridized carbons (Fsp3) is 0.404. The molecule has 8 amide bonds. The summed E-state index contributed by atoms with van der Waals surface area (Å²) in [5.74, 6) is -5.18. The van der Waals surface area contributed by atoms with Crippen LogP contribution in [0.2, 0.25) is 5.02 Å². The highest BCUT2D eigenvalue weighted by Gasteiger charge is 2.46. The molecule has 3 aliphatic heterocycles. The lowest BCUT2D eigenvalue weighted by Crippen LogP contribution is -2.52. The molecule has 0 bridgehead atoms. The van der Waals surface area contributed by atoms with Crippen molar-refractivity contribution >= 4 is 75.7 Å². The van der Waals surface area contributed by atoms with E-state index < -0.39 is 97.6 Å². The molecule has 7 N–H and O–H groups in total. The molecule has 4 aromatic rings. The SMILES string of the molecule is CC[C@@]1(O)C(=O)OCc2c1cc1n(c2=O)Cc2c-1nc1cc(Cl)c(C)c3c1c2[C@@H](NC(=O)COCNC(=O)CNC(=O)[C@H](Cc1ccccc1)NC(=O)CNC(=O)CNC(=O)CCCCCN1C(=O)C=CC1=O)CC3. The van der Waals surface area contributed by atoms with E-state index in [1.807, 2.05) is 6.92 Å². The summed E-state index contributed by atoms with van der Waals surface area (Å²) in [5.41, 5.74) is 3.31. The van der Waals surface area contributed by atoms with E-state index in [-0.39, 0.29) is 61.9 Å². The number of rotatable bonds is 22. The second kappa shape index (κ2) is 23.2. The van der Waals surface area contributed by atoms with Gasteiger partial charge in [0.15, 0.2) is 5.60 Å². The number of pyridine rings is 2. The molecule has 4 aliphatic rings. The van der Waals surface area contributed by atoms with Gasteiger partial charge in [-0.3, -0.25) is 48.1 Å². The van der Waals surface area contributed by atoms with Crippen molar-refractivity contribution < 1.29 is 57.7 Å². The minimum atomic E-state index is -2.01. The molecule has 75 heavy (non-hydrogen) atoms. The molecule has 2 aromatic heterocycles. The minimum absolute atomic E-state index is 0.0182. The van der Waals surface area contributed by atoms with Gasteiger partial charge in [0.05, 0.1) is 54.7 Å². The van der Waals surface area contributed by atoms with Crippen LogP contribution in [0.3, 0.4) is 0 Å². The number of cyclic esters (lactones) is 1.